The van der Waals surface area contributed by atoms with Crippen LogP contribution in [0.15, 0.2) is 224 Å². The third kappa shape index (κ3) is 6.12. The van der Waals surface area contributed by atoms with E-state index in [1.807, 2.05) is 11.3 Å². The lowest BCUT2D eigenvalue weighted by atomic mass is 9.96. The van der Waals surface area contributed by atoms with E-state index in [9.17, 15) is 0 Å². The fourth-order valence-electron chi connectivity index (χ4n) is 8.57. The third-order valence-corrected chi connectivity index (χ3v) is 12.6. The smallest absolute Gasteiger partial charge is 0.0540 e. The molecule has 1 nitrogen and oxygen atoms in total. The van der Waals surface area contributed by atoms with Crippen LogP contribution in [0.25, 0.3) is 86.2 Å². The van der Waals surface area contributed by atoms with Crippen LogP contribution in [0.2, 0.25) is 0 Å². The molecular weight excluding hydrogens is 719 g/mol. The fourth-order valence-corrected chi connectivity index (χ4v) is 9.66. The number of para-hydroxylation sites is 1. The minimum Gasteiger partial charge on any atom is -0.310 e. The second kappa shape index (κ2) is 14.4. The van der Waals surface area contributed by atoms with Gasteiger partial charge in [-0.05, 0) is 121 Å². The Labute approximate surface area is 342 Å². The van der Waals surface area contributed by atoms with Crippen molar-refractivity contribution in [2.45, 2.75) is 0 Å². The number of thiophene rings is 1. The molecule has 0 bridgehead atoms. The van der Waals surface area contributed by atoms with Gasteiger partial charge in [0, 0.05) is 37.1 Å². The molecule has 10 aromatic carbocycles. The molecule has 0 amide bonds. The maximum atomic E-state index is 2.43. The maximum absolute atomic E-state index is 2.43. The summed E-state index contributed by atoms with van der Waals surface area (Å²) in [6, 6.07) is 82.1. The molecule has 0 aliphatic carbocycles. The maximum Gasteiger partial charge on any atom is 0.0540 e. The molecule has 11 aromatic rings. The molecule has 58 heavy (non-hydrogen) atoms. The van der Waals surface area contributed by atoms with E-state index in [0.29, 0.717) is 0 Å². The van der Waals surface area contributed by atoms with Gasteiger partial charge in [-0.3, -0.25) is 0 Å². The molecule has 0 radical (unpaired) electrons. The van der Waals surface area contributed by atoms with E-state index in [0.717, 1.165) is 17.1 Å². The molecule has 0 aliphatic rings. The van der Waals surface area contributed by atoms with Crippen LogP contribution in [-0.4, -0.2) is 0 Å². The van der Waals surface area contributed by atoms with Gasteiger partial charge in [-0.2, -0.15) is 0 Å². The summed E-state index contributed by atoms with van der Waals surface area (Å²) < 4.78 is 2.62. The molecule has 1 aromatic heterocycles. The first-order valence-electron chi connectivity index (χ1n) is 19.8. The molecule has 11 rings (SSSR count). The summed E-state index contributed by atoms with van der Waals surface area (Å²) in [5.41, 5.74) is 12.9. The lowest BCUT2D eigenvalue weighted by Gasteiger charge is -2.28. The van der Waals surface area contributed by atoms with Crippen molar-refractivity contribution in [1.29, 1.82) is 0 Å². The molecule has 1 heterocycles. The second-order valence-corrected chi connectivity index (χ2v) is 16.0. The zero-order valence-electron chi connectivity index (χ0n) is 31.7. The number of benzene rings is 10. The van der Waals surface area contributed by atoms with E-state index >= 15 is 0 Å². The van der Waals surface area contributed by atoms with Gasteiger partial charge in [0.05, 0.1) is 5.69 Å². The monoisotopic (exact) mass is 755 g/mol. The van der Waals surface area contributed by atoms with Crippen molar-refractivity contribution in [1.82, 2.24) is 0 Å². The molecule has 0 spiro atoms. The summed E-state index contributed by atoms with van der Waals surface area (Å²) >= 11 is 1.86. The normalized spacial score (nSPS) is 11.4. The zero-order chi connectivity index (χ0) is 38.4. The Kier molecular flexibility index (Phi) is 8.42. The summed E-state index contributed by atoms with van der Waals surface area (Å²) in [5, 5.41) is 7.61. The Morgan fingerprint density at radius 1 is 0.276 bits per heavy atom. The lowest BCUT2D eigenvalue weighted by molar-refractivity contribution is 1.28. The van der Waals surface area contributed by atoms with Crippen LogP contribution in [0.4, 0.5) is 17.1 Å². The average molecular weight is 756 g/mol. The summed E-state index contributed by atoms with van der Waals surface area (Å²) in [7, 11) is 0. The zero-order valence-corrected chi connectivity index (χ0v) is 32.5. The van der Waals surface area contributed by atoms with Crippen LogP contribution in [-0.2, 0) is 0 Å². The molecule has 0 atom stereocenters. The quantitative estimate of drug-likeness (QED) is 0.157. The van der Waals surface area contributed by atoms with Gasteiger partial charge >= 0.3 is 0 Å². The van der Waals surface area contributed by atoms with Crippen molar-refractivity contribution < 1.29 is 0 Å². The van der Waals surface area contributed by atoms with Crippen LogP contribution >= 0.6 is 11.3 Å². The van der Waals surface area contributed by atoms with Crippen molar-refractivity contribution in [2.24, 2.45) is 0 Å². The molecule has 0 aliphatic heterocycles. The van der Waals surface area contributed by atoms with Gasteiger partial charge < -0.3 is 4.90 Å². The van der Waals surface area contributed by atoms with Gasteiger partial charge in [0.15, 0.2) is 0 Å². The van der Waals surface area contributed by atoms with Crippen LogP contribution in [0.5, 0.6) is 0 Å². The standard InChI is InChI=1S/C56H37NS/c1-2-14-41-34-45(27-26-38(41)12-1)43-17-9-16-42(35-43)44-18-10-19-48(36-44)57(47-31-28-40(29-32-47)50-23-11-15-39-13-3-4-20-49(39)50)54-24-7-5-21-51(54)46-30-33-56-53(37-46)52-22-6-8-25-55(52)58-56/h1-37H. The Hall–Kier alpha value is -7.26. The van der Waals surface area contributed by atoms with Crippen molar-refractivity contribution in [3.63, 3.8) is 0 Å². The summed E-state index contributed by atoms with van der Waals surface area (Å²) in [6.07, 6.45) is 0. The van der Waals surface area contributed by atoms with Crippen molar-refractivity contribution >= 4 is 70.1 Å². The topological polar surface area (TPSA) is 3.24 Å². The largest absolute Gasteiger partial charge is 0.310 e. The van der Waals surface area contributed by atoms with E-state index < -0.39 is 0 Å². The second-order valence-electron chi connectivity index (χ2n) is 14.9. The van der Waals surface area contributed by atoms with E-state index in [4.69, 9.17) is 0 Å². The van der Waals surface area contributed by atoms with Gasteiger partial charge in [-0.25, -0.2) is 0 Å². The number of anilines is 3. The van der Waals surface area contributed by atoms with Gasteiger partial charge in [-0.15, -0.1) is 11.3 Å². The predicted molar refractivity (Wildman–Crippen MR) is 251 cm³/mol. The SMILES string of the molecule is c1cc(-c2cccc(N(c3ccc(-c4cccc5ccccc45)cc3)c3ccccc3-c3ccc4sc5ccccc5c4c3)c2)cc(-c2ccc3ccccc3c2)c1. The van der Waals surface area contributed by atoms with E-state index in [1.54, 1.807) is 0 Å². The van der Waals surface area contributed by atoms with Crippen LogP contribution < -0.4 is 4.90 Å². The number of hydrogen-bond donors (Lipinski definition) is 0. The molecule has 0 N–H and O–H groups in total. The number of nitrogens with zero attached hydrogens (tertiary/aromatic N) is 1. The first kappa shape index (κ1) is 34.0. The predicted octanol–water partition coefficient (Wildman–Crippen LogP) is 16.5. The third-order valence-electron chi connectivity index (χ3n) is 11.4. The van der Waals surface area contributed by atoms with Gasteiger partial charge in [0.25, 0.3) is 0 Å². The summed E-state index contributed by atoms with van der Waals surface area (Å²) in [5.74, 6) is 0. The fraction of sp³-hybridized carbons (Fsp3) is 0. The number of fused-ring (bicyclic) bond motifs is 5. The molecular formula is C56H37NS. The lowest BCUT2D eigenvalue weighted by Crippen LogP contribution is -2.11. The van der Waals surface area contributed by atoms with E-state index in [2.05, 4.69) is 229 Å². The van der Waals surface area contributed by atoms with Crippen LogP contribution in [0.1, 0.15) is 0 Å². The minimum atomic E-state index is 1.10. The van der Waals surface area contributed by atoms with Crippen molar-refractivity contribution in [3.8, 4) is 44.5 Å². The molecule has 272 valence electrons. The molecule has 0 fully saturated rings. The highest BCUT2D eigenvalue weighted by atomic mass is 32.1. The van der Waals surface area contributed by atoms with E-state index in [-0.39, 0.29) is 0 Å². The van der Waals surface area contributed by atoms with Crippen LogP contribution in [0, 0.1) is 0 Å². The number of hydrogen-bond acceptors (Lipinski definition) is 2. The van der Waals surface area contributed by atoms with Crippen LogP contribution in [0.3, 0.4) is 0 Å². The first-order chi connectivity index (χ1) is 28.7. The summed E-state index contributed by atoms with van der Waals surface area (Å²) in [6.45, 7) is 0. The van der Waals surface area contributed by atoms with Crippen molar-refractivity contribution in [2.75, 3.05) is 4.90 Å². The Bertz CT molecular complexity index is 3290. The summed E-state index contributed by atoms with van der Waals surface area (Å²) in [4.78, 5) is 2.43. The highest BCUT2D eigenvalue weighted by Gasteiger charge is 2.19. The number of rotatable bonds is 7. The molecule has 0 saturated carbocycles. The minimum absolute atomic E-state index is 1.10. The Balaban J connectivity index is 1.05. The van der Waals surface area contributed by atoms with E-state index in [1.165, 1.54) is 86.2 Å². The molecule has 2 heteroatoms. The Morgan fingerprint density at radius 3 is 1.72 bits per heavy atom. The highest BCUT2D eigenvalue weighted by molar-refractivity contribution is 7.25. The molecule has 0 saturated heterocycles. The van der Waals surface area contributed by atoms with Gasteiger partial charge in [0.2, 0.25) is 0 Å². The Morgan fingerprint density at radius 2 is 0.862 bits per heavy atom. The average Bonchev–Trinajstić information content (AvgIpc) is 3.67. The molecule has 0 unspecified atom stereocenters. The van der Waals surface area contributed by atoms with Gasteiger partial charge in [0.1, 0.15) is 0 Å². The van der Waals surface area contributed by atoms with Crippen molar-refractivity contribution in [3.05, 3.63) is 224 Å². The first-order valence-corrected chi connectivity index (χ1v) is 20.6. The highest BCUT2D eigenvalue weighted by Crippen LogP contribution is 2.44. The van der Waals surface area contributed by atoms with Gasteiger partial charge in [-0.1, -0.05) is 164 Å².